The van der Waals surface area contributed by atoms with E-state index in [0.717, 1.165) is 5.56 Å². The predicted molar refractivity (Wildman–Crippen MR) is 136 cm³/mol. The largest absolute Gasteiger partial charge is 0.433 e. The number of nitrogens with zero attached hydrogens (tertiary/aromatic N) is 2. The molecule has 3 fully saturated rings. The molecule has 11 nitrogen and oxygen atoms in total. The fourth-order valence-electron chi connectivity index (χ4n) is 5.07. The van der Waals surface area contributed by atoms with Gasteiger partial charge in [0.25, 0.3) is 11.8 Å². The van der Waals surface area contributed by atoms with Crippen molar-refractivity contribution < 1.29 is 33.4 Å². The zero-order valence-corrected chi connectivity index (χ0v) is 21.3. The van der Waals surface area contributed by atoms with Gasteiger partial charge < -0.3 is 20.1 Å². The van der Waals surface area contributed by atoms with Crippen LogP contribution in [0.5, 0.6) is 0 Å². The molecule has 3 aliphatic rings. The van der Waals surface area contributed by atoms with Crippen molar-refractivity contribution in [2.24, 2.45) is 0 Å². The number of amides is 4. The predicted octanol–water partition coefficient (Wildman–Crippen LogP) is 1.29. The Labute approximate surface area is 225 Å². The number of fused-ring (bicyclic) bond motifs is 1. The van der Waals surface area contributed by atoms with Crippen LogP contribution in [0, 0.1) is 0 Å². The van der Waals surface area contributed by atoms with Crippen molar-refractivity contribution in [1.29, 1.82) is 0 Å². The number of hydrogen-bond donors (Lipinski definition) is 2. The molecular weight excluding hydrogens is 504 g/mol. The van der Waals surface area contributed by atoms with E-state index in [2.05, 4.69) is 10.6 Å². The van der Waals surface area contributed by atoms with Gasteiger partial charge in [0.2, 0.25) is 18.1 Å². The Balaban J connectivity index is 1.29. The van der Waals surface area contributed by atoms with Crippen molar-refractivity contribution in [3.8, 4) is 0 Å². The van der Waals surface area contributed by atoms with Crippen LogP contribution in [0.1, 0.15) is 48.0 Å². The second-order valence-corrected chi connectivity index (χ2v) is 9.76. The maximum Gasteiger partial charge on any atom is 0.310 e. The number of benzene rings is 2. The lowest BCUT2D eigenvalue weighted by molar-refractivity contribution is -0.177. The number of esters is 1. The van der Waals surface area contributed by atoms with Crippen LogP contribution < -0.4 is 10.6 Å². The highest BCUT2D eigenvalue weighted by Gasteiger charge is 2.46. The number of ether oxygens (including phenoxy) is 2. The lowest BCUT2D eigenvalue weighted by Gasteiger charge is -2.43. The Hall–Kier alpha value is -4.25. The first-order valence-electron chi connectivity index (χ1n) is 13.1. The van der Waals surface area contributed by atoms with Crippen molar-refractivity contribution >= 4 is 29.6 Å². The maximum atomic E-state index is 13.7. The second-order valence-electron chi connectivity index (χ2n) is 9.76. The minimum atomic E-state index is -0.991. The van der Waals surface area contributed by atoms with E-state index in [9.17, 15) is 24.0 Å². The first-order chi connectivity index (χ1) is 18.9. The van der Waals surface area contributed by atoms with Crippen LogP contribution >= 0.6 is 0 Å². The molecule has 0 spiro atoms. The fraction of sp³-hybridized carbons (Fsp3) is 0.393. The van der Waals surface area contributed by atoms with Gasteiger partial charge in [0.1, 0.15) is 18.1 Å². The molecule has 0 aliphatic carbocycles. The van der Waals surface area contributed by atoms with Crippen molar-refractivity contribution in [3.05, 3.63) is 71.8 Å². The maximum absolute atomic E-state index is 13.7. The number of hydrogen-bond acceptors (Lipinski definition) is 7. The summed E-state index contributed by atoms with van der Waals surface area (Å²) >= 11 is 0. The van der Waals surface area contributed by atoms with E-state index in [1.807, 2.05) is 30.3 Å². The lowest BCUT2D eigenvalue weighted by Crippen LogP contribution is -2.64. The minimum Gasteiger partial charge on any atom is -0.433 e. The van der Waals surface area contributed by atoms with E-state index in [4.69, 9.17) is 9.47 Å². The molecule has 39 heavy (non-hydrogen) atoms. The van der Waals surface area contributed by atoms with Gasteiger partial charge >= 0.3 is 5.97 Å². The Bertz CT molecular complexity index is 1240. The molecule has 0 saturated carbocycles. The Morgan fingerprint density at radius 2 is 1.67 bits per heavy atom. The highest BCUT2D eigenvalue weighted by Crippen LogP contribution is 2.26. The van der Waals surface area contributed by atoms with E-state index < -0.39 is 48.1 Å². The average molecular weight is 535 g/mol. The first-order valence-corrected chi connectivity index (χ1v) is 13.1. The van der Waals surface area contributed by atoms with Crippen molar-refractivity contribution in [2.75, 3.05) is 6.54 Å². The minimum absolute atomic E-state index is 0.0523. The van der Waals surface area contributed by atoms with Gasteiger partial charge in [-0.25, -0.2) is 5.01 Å². The Morgan fingerprint density at radius 1 is 0.949 bits per heavy atom. The third-order valence-electron chi connectivity index (χ3n) is 7.05. The molecule has 0 aromatic heterocycles. The summed E-state index contributed by atoms with van der Waals surface area (Å²) in [5, 5.41) is 8.03. The summed E-state index contributed by atoms with van der Waals surface area (Å²) in [5.41, 5.74) is 1.27. The van der Waals surface area contributed by atoms with Gasteiger partial charge in [-0.1, -0.05) is 48.5 Å². The molecule has 3 saturated heterocycles. The SMILES string of the molecule is O=C1C[C@H](NC(=O)C2CCCN3C(=O)CC[C@H](NC(=O)c4ccccc4)C(=O)N23)[C@H](OCc2ccccc2)O1. The zero-order valence-electron chi connectivity index (χ0n) is 21.3. The van der Waals surface area contributed by atoms with Crippen LogP contribution in [0.2, 0.25) is 0 Å². The molecule has 3 aliphatic heterocycles. The number of carbonyl (C=O) groups is 5. The molecule has 0 bridgehead atoms. The molecule has 3 heterocycles. The van der Waals surface area contributed by atoms with E-state index in [0.29, 0.717) is 24.9 Å². The van der Waals surface area contributed by atoms with E-state index in [-0.39, 0.29) is 31.8 Å². The highest BCUT2D eigenvalue weighted by molar-refractivity contribution is 5.99. The summed E-state index contributed by atoms with van der Waals surface area (Å²) in [7, 11) is 0. The molecule has 2 aromatic rings. The zero-order chi connectivity index (χ0) is 27.4. The molecule has 0 radical (unpaired) electrons. The second kappa shape index (κ2) is 11.6. The van der Waals surface area contributed by atoms with Gasteiger partial charge in [-0.15, -0.1) is 0 Å². The third-order valence-corrected chi connectivity index (χ3v) is 7.05. The molecule has 4 amide bonds. The van der Waals surface area contributed by atoms with Gasteiger partial charge in [-0.3, -0.25) is 29.0 Å². The molecule has 2 N–H and O–H groups in total. The third kappa shape index (κ3) is 5.93. The number of nitrogens with one attached hydrogen (secondary N) is 2. The van der Waals surface area contributed by atoms with Crippen molar-refractivity contribution in [2.45, 2.75) is 63.1 Å². The highest BCUT2D eigenvalue weighted by atomic mass is 16.7. The number of cyclic esters (lactones) is 1. The van der Waals surface area contributed by atoms with Crippen LogP contribution in [0.15, 0.2) is 60.7 Å². The van der Waals surface area contributed by atoms with Crippen LogP contribution in [-0.4, -0.2) is 70.6 Å². The summed E-state index contributed by atoms with van der Waals surface area (Å²) in [6.45, 7) is 0.478. The van der Waals surface area contributed by atoms with Gasteiger partial charge in [0.05, 0.1) is 13.0 Å². The molecule has 11 heteroatoms. The molecule has 204 valence electrons. The lowest BCUT2D eigenvalue weighted by atomic mass is 10.0. The summed E-state index contributed by atoms with van der Waals surface area (Å²) in [6, 6.07) is 15.1. The standard InChI is InChI=1S/C28H30N4O7/c33-23-14-13-20(29-25(35)19-10-5-2-6-11-19)27(37)32-22(12-7-15-31(23)32)26(36)30-21-16-24(34)39-28(21)38-17-18-8-3-1-4-9-18/h1-6,8-11,20-22,28H,7,12-17H2,(H,29,35)(H,30,36)/t20-,21-,22?,28+/m0/s1. The first kappa shape index (κ1) is 26.4. The summed E-state index contributed by atoms with van der Waals surface area (Å²) < 4.78 is 11.1. The Kier molecular flexibility index (Phi) is 7.87. The molecule has 2 aromatic carbocycles. The van der Waals surface area contributed by atoms with E-state index in [1.54, 1.807) is 30.3 Å². The average Bonchev–Trinajstić information content (AvgIpc) is 3.26. The van der Waals surface area contributed by atoms with Crippen molar-refractivity contribution in [3.63, 3.8) is 0 Å². The van der Waals surface area contributed by atoms with Gasteiger partial charge in [0, 0.05) is 18.5 Å². The van der Waals surface area contributed by atoms with Crippen molar-refractivity contribution in [1.82, 2.24) is 20.7 Å². The monoisotopic (exact) mass is 534 g/mol. The summed E-state index contributed by atoms with van der Waals surface area (Å²) in [6.07, 6.45) is -0.0555. The van der Waals surface area contributed by atoms with Crippen LogP contribution in [0.4, 0.5) is 0 Å². The van der Waals surface area contributed by atoms with Crippen LogP contribution in [-0.2, 0) is 35.3 Å². The summed E-state index contributed by atoms with van der Waals surface area (Å²) in [5.74, 6) is -2.28. The number of hydrazine groups is 1. The number of carbonyl (C=O) groups excluding carboxylic acids is 5. The molecular formula is C28H30N4O7. The van der Waals surface area contributed by atoms with Gasteiger partial charge in [-0.2, -0.15) is 0 Å². The van der Waals surface area contributed by atoms with Crippen LogP contribution in [0.3, 0.4) is 0 Å². The summed E-state index contributed by atoms with van der Waals surface area (Å²) in [4.78, 5) is 64.9. The van der Waals surface area contributed by atoms with E-state index >= 15 is 0 Å². The smallest absolute Gasteiger partial charge is 0.310 e. The number of rotatable bonds is 7. The molecule has 5 rings (SSSR count). The normalized spacial score (nSPS) is 25.0. The van der Waals surface area contributed by atoms with Gasteiger partial charge in [0.15, 0.2) is 0 Å². The van der Waals surface area contributed by atoms with Gasteiger partial charge in [-0.05, 0) is 37.0 Å². The quantitative estimate of drug-likeness (QED) is 0.511. The topological polar surface area (TPSA) is 134 Å². The molecule has 1 unspecified atom stereocenters. The van der Waals surface area contributed by atoms with Crippen LogP contribution in [0.25, 0.3) is 0 Å². The fourth-order valence-corrected chi connectivity index (χ4v) is 5.07. The van der Waals surface area contributed by atoms with E-state index in [1.165, 1.54) is 10.0 Å². The Morgan fingerprint density at radius 3 is 2.41 bits per heavy atom. The molecule has 4 atom stereocenters.